The van der Waals surface area contributed by atoms with Gasteiger partial charge in [-0.1, -0.05) is 42.5 Å². The number of nitrogens with one attached hydrogen (secondary N) is 1. The van der Waals surface area contributed by atoms with Gasteiger partial charge in [0.15, 0.2) is 0 Å². The molecule has 1 amide bonds. The van der Waals surface area contributed by atoms with Crippen LogP contribution < -0.4 is 15.2 Å². The largest absolute Gasteiger partial charge is 0.497 e. The summed E-state index contributed by atoms with van der Waals surface area (Å²) in [5, 5.41) is 0.933. The summed E-state index contributed by atoms with van der Waals surface area (Å²) in [4.78, 5) is 30.7. The molecule has 1 aromatic heterocycles. The number of H-pyrrole nitrogens is 1. The number of amides is 1. The summed E-state index contributed by atoms with van der Waals surface area (Å²) in [6.07, 6.45) is 0. The molecule has 1 heterocycles. The molecule has 0 radical (unpaired) electrons. The smallest absolute Gasteiger partial charge is 0.258 e. The van der Waals surface area contributed by atoms with Gasteiger partial charge in [-0.15, -0.1) is 0 Å². The topological polar surface area (TPSA) is 62.4 Å². The molecule has 4 rings (SSSR count). The van der Waals surface area contributed by atoms with Gasteiger partial charge in [-0.05, 0) is 48.2 Å². The Labute approximate surface area is 174 Å². The maximum atomic E-state index is 13.4. The Bertz CT molecular complexity index is 1260. The molecule has 0 aliphatic heterocycles. The van der Waals surface area contributed by atoms with Gasteiger partial charge in [-0.25, -0.2) is 0 Å². The van der Waals surface area contributed by atoms with Crippen LogP contribution in [0.4, 0.5) is 5.69 Å². The van der Waals surface area contributed by atoms with Gasteiger partial charge in [-0.3, -0.25) is 9.59 Å². The van der Waals surface area contributed by atoms with Crippen molar-refractivity contribution in [2.75, 3.05) is 12.0 Å². The molecule has 0 aliphatic rings. The van der Waals surface area contributed by atoms with Crippen LogP contribution in [0.2, 0.25) is 0 Å². The number of methoxy groups -OCH3 is 1. The van der Waals surface area contributed by atoms with Crippen molar-refractivity contribution in [2.24, 2.45) is 0 Å². The molecule has 0 atom stereocenters. The van der Waals surface area contributed by atoms with Crippen LogP contribution in [0.5, 0.6) is 5.75 Å². The number of para-hydroxylation sites is 1. The number of carbonyl (C=O) groups is 1. The molecule has 3 aromatic carbocycles. The van der Waals surface area contributed by atoms with E-state index in [1.807, 2.05) is 67.6 Å². The van der Waals surface area contributed by atoms with Crippen LogP contribution in [0.15, 0.2) is 83.7 Å². The van der Waals surface area contributed by atoms with Crippen molar-refractivity contribution in [2.45, 2.75) is 13.5 Å². The van der Waals surface area contributed by atoms with E-state index in [-0.39, 0.29) is 18.0 Å². The van der Waals surface area contributed by atoms with Gasteiger partial charge in [-0.2, -0.15) is 0 Å². The van der Waals surface area contributed by atoms with E-state index >= 15 is 0 Å². The van der Waals surface area contributed by atoms with Crippen molar-refractivity contribution >= 4 is 22.5 Å². The third-order valence-corrected chi connectivity index (χ3v) is 5.12. The summed E-state index contributed by atoms with van der Waals surface area (Å²) in [7, 11) is 1.58. The Morgan fingerprint density at radius 3 is 2.50 bits per heavy atom. The number of aryl methyl sites for hydroxylation is 1. The van der Waals surface area contributed by atoms with Crippen LogP contribution in [-0.2, 0) is 6.54 Å². The minimum atomic E-state index is -0.203. The molecule has 4 aromatic rings. The van der Waals surface area contributed by atoms with Crippen LogP contribution in [0.1, 0.15) is 21.5 Å². The monoisotopic (exact) mass is 398 g/mol. The van der Waals surface area contributed by atoms with E-state index in [0.717, 1.165) is 16.5 Å². The average molecular weight is 398 g/mol. The summed E-state index contributed by atoms with van der Waals surface area (Å²) < 4.78 is 5.33. The molecule has 0 bridgehead atoms. The summed E-state index contributed by atoms with van der Waals surface area (Å²) in [6.45, 7) is 2.10. The van der Waals surface area contributed by atoms with Gasteiger partial charge < -0.3 is 14.6 Å². The van der Waals surface area contributed by atoms with Gasteiger partial charge in [0.05, 0.1) is 19.2 Å². The fraction of sp³-hybridized carbons (Fsp3) is 0.120. The van der Waals surface area contributed by atoms with Crippen molar-refractivity contribution < 1.29 is 9.53 Å². The first-order chi connectivity index (χ1) is 14.6. The number of hydrogen-bond donors (Lipinski definition) is 1. The second-order valence-corrected chi connectivity index (χ2v) is 7.12. The molecule has 0 spiro atoms. The fourth-order valence-electron chi connectivity index (χ4n) is 3.51. The molecular weight excluding hydrogens is 376 g/mol. The van der Waals surface area contributed by atoms with E-state index < -0.39 is 0 Å². The van der Waals surface area contributed by atoms with E-state index in [1.54, 1.807) is 30.2 Å². The van der Waals surface area contributed by atoms with Crippen LogP contribution in [0.25, 0.3) is 10.9 Å². The summed E-state index contributed by atoms with van der Waals surface area (Å²) in [5.74, 6) is 0.453. The number of aromatic amines is 1. The lowest BCUT2D eigenvalue weighted by Crippen LogP contribution is -2.32. The lowest BCUT2D eigenvalue weighted by molar-refractivity contribution is 0.0985. The molecule has 0 unspecified atom stereocenters. The van der Waals surface area contributed by atoms with Crippen molar-refractivity contribution in [3.05, 3.63) is 106 Å². The number of ether oxygens (including phenoxy) is 1. The van der Waals surface area contributed by atoms with Gasteiger partial charge in [0, 0.05) is 22.9 Å². The van der Waals surface area contributed by atoms with Crippen molar-refractivity contribution in [3.63, 3.8) is 0 Å². The van der Waals surface area contributed by atoms with Crippen molar-refractivity contribution in [1.82, 2.24) is 4.98 Å². The highest BCUT2D eigenvalue weighted by Gasteiger charge is 2.20. The minimum Gasteiger partial charge on any atom is -0.497 e. The second kappa shape index (κ2) is 8.25. The Hall–Kier alpha value is -3.86. The maximum Gasteiger partial charge on any atom is 0.258 e. The Balaban J connectivity index is 1.80. The normalized spacial score (nSPS) is 10.7. The Kier molecular flexibility index (Phi) is 5.35. The predicted octanol–water partition coefficient (Wildman–Crippen LogP) is 4.69. The van der Waals surface area contributed by atoms with Gasteiger partial charge in [0.25, 0.3) is 11.5 Å². The molecular formula is C25H22N2O3. The number of fused-ring (bicyclic) bond motifs is 1. The summed E-state index contributed by atoms with van der Waals surface area (Å²) in [5.41, 5.74) is 3.33. The second-order valence-electron chi connectivity index (χ2n) is 7.12. The number of benzene rings is 3. The first kappa shape index (κ1) is 19.5. The number of hydrogen-bond acceptors (Lipinski definition) is 3. The zero-order chi connectivity index (χ0) is 21.1. The van der Waals surface area contributed by atoms with Crippen LogP contribution in [0, 0.1) is 6.92 Å². The highest BCUT2D eigenvalue weighted by Crippen LogP contribution is 2.25. The van der Waals surface area contributed by atoms with Crippen LogP contribution >= 0.6 is 0 Å². The van der Waals surface area contributed by atoms with Gasteiger partial charge >= 0.3 is 0 Å². The molecule has 5 heteroatoms. The van der Waals surface area contributed by atoms with Crippen molar-refractivity contribution in [1.29, 1.82) is 0 Å². The molecule has 1 N–H and O–H groups in total. The van der Waals surface area contributed by atoms with E-state index in [9.17, 15) is 9.59 Å². The summed E-state index contributed by atoms with van der Waals surface area (Å²) in [6, 6.07) is 24.0. The summed E-state index contributed by atoms with van der Waals surface area (Å²) >= 11 is 0. The number of rotatable bonds is 5. The fourth-order valence-corrected chi connectivity index (χ4v) is 3.51. The van der Waals surface area contributed by atoms with Crippen LogP contribution in [0.3, 0.4) is 0 Å². The first-order valence-corrected chi connectivity index (χ1v) is 9.69. The zero-order valence-corrected chi connectivity index (χ0v) is 16.9. The molecule has 0 saturated carbocycles. The lowest BCUT2D eigenvalue weighted by atomic mass is 10.1. The van der Waals surface area contributed by atoms with Crippen molar-refractivity contribution in [3.8, 4) is 5.75 Å². The van der Waals surface area contributed by atoms with Gasteiger partial charge in [0.1, 0.15) is 5.75 Å². The predicted molar refractivity (Wildman–Crippen MR) is 119 cm³/mol. The van der Waals surface area contributed by atoms with E-state index in [0.29, 0.717) is 22.6 Å². The molecule has 0 saturated heterocycles. The highest BCUT2D eigenvalue weighted by atomic mass is 16.5. The van der Waals surface area contributed by atoms with E-state index in [2.05, 4.69) is 4.98 Å². The molecule has 0 aliphatic carbocycles. The van der Waals surface area contributed by atoms with E-state index in [1.165, 1.54) is 0 Å². The third kappa shape index (κ3) is 3.82. The number of pyridine rings is 1. The number of nitrogens with zero attached hydrogens (tertiary/aromatic N) is 1. The first-order valence-electron chi connectivity index (χ1n) is 9.69. The number of aromatic nitrogens is 1. The molecule has 150 valence electrons. The van der Waals surface area contributed by atoms with Gasteiger partial charge in [0.2, 0.25) is 0 Å². The third-order valence-electron chi connectivity index (χ3n) is 5.12. The SMILES string of the molecule is COc1cccc(N(Cc2cc3cccc(C)c3[nH]c2=O)C(=O)c2ccccc2)c1. The Morgan fingerprint density at radius 1 is 0.967 bits per heavy atom. The number of anilines is 1. The minimum absolute atomic E-state index is 0.139. The Morgan fingerprint density at radius 2 is 1.73 bits per heavy atom. The zero-order valence-electron chi connectivity index (χ0n) is 16.9. The molecule has 0 fully saturated rings. The highest BCUT2D eigenvalue weighted by molar-refractivity contribution is 6.06. The lowest BCUT2D eigenvalue weighted by Gasteiger charge is -2.23. The molecule has 30 heavy (non-hydrogen) atoms. The van der Waals surface area contributed by atoms with E-state index in [4.69, 9.17) is 4.74 Å². The average Bonchev–Trinajstić information content (AvgIpc) is 2.78. The number of carbonyl (C=O) groups excluding carboxylic acids is 1. The molecule has 5 nitrogen and oxygen atoms in total. The van der Waals surface area contributed by atoms with Crippen LogP contribution in [-0.4, -0.2) is 18.0 Å². The quantitative estimate of drug-likeness (QED) is 0.530. The maximum absolute atomic E-state index is 13.4. The standard InChI is InChI=1S/C25H22N2O3/c1-17-8-6-11-19-14-20(24(28)26-23(17)19)16-27(21-12-7-13-22(15-21)30-2)25(29)18-9-4-3-5-10-18/h3-15H,16H2,1-2H3,(H,26,28).